The van der Waals surface area contributed by atoms with Crippen molar-refractivity contribution in [1.29, 1.82) is 0 Å². The number of hydrogen-bond acceptors (Lipinski definition) is 2. The minimum atomic E-state index is -1.51. The molecule has 2 aromatic carbocycles. The van der Waals surface area contributed by atoms with Gasteiger partial charge >= 0.3 is 5.97 Å². The summed E-state index contributed by atoms with van der Waals surface area (Å²) in [4.78, 5) is 10.7. The minimum Gasteiger partial charge on any atom is -0.479 e. The zero-order valence-corrected chi connectivity index (χ0v) is 10.1. The van der Waals surface area contributed by atoms with Crippen LogP contribution < -0.4 is 0 Å². The van der Waals surface area contributed by atoms with Gasteiger partial charge in [-0.05, 0) is 34.9 Å². The van der Waals surface area contributed by atoms with E-state index in [2.05, 4.69) is 0 Å². The van der Waals surface area contributed by atoms with Gasteiger partial charge in [-0.1, -0.05) is 41.9 Å². The van der Waals surface area contributed by atoms with Crippen molar-refractivity contribution < 1.29 is 15.0 Å². The van der Waals surface area contributed by atoms with E-state index in [0.717, 1.165) is 11.1 Å². The molecule has 18 heavy (non-hydrogen) atoms. The van der Waals surface area contributed by atoms with Gasteiger partial charge in [0.05, 0.1) is 0 Å². The topological polar surface area (TPSA) is 57.5 Å². The lowest BCUT2D eigenvalue weighted by atomic mass is 10.0. The van der Waals surface area contributed by atoms with E-state index in [1.807, 2.05) is 18.2 Å². The Morgan fingerprint density at radius 3 is 2.28 bits per heavy atom. The molecule has 0 aliphatic carbocycles. The first-order valence-corrected chi connectivity index (χ1v) is 5.72. The molecule has 1 atom stereocenters. The van der Waals surface area contributed by atoms with E-state index < -0.39 is 12.1 Å². The standard InChI is InChI=1S/C14H11ClO3/c15-12-6-2-4-10(8-12)9-3-1-5-11(7-9)13(16)14(17)18/h1-8,13,16H,(H,17,18)/t13-/m1/s1. The average molecular weight is 263 g/mol. The monoisotopic (exact) mass is 262 g/mol. The number of hydrogen-bond donors (Lipinski definition) is 2. The highest BCUT2D eigenvalue weighted by Crippen LogP contribution is 2.25. The van der Waals surface area contributed by atoms with E-state index in [9.17, 15) is 9.90 Å². The first-order valence-electron chi connectivity index (χ1n) is 5.34. The van der Waals surface area contributed by atoms with Crippen LogP contribution in [0.25, 0.3) is 11.1 Å². The molecule has 0 spiro atoms. The van der Waals surface area contributed by atoms with Crippen LogP contribution in [0.1, 0.15) is 11.7 Å². The average Bonchev–Trinajstić information content (AvgIpc) is 2.38. The minimum absolute atomic E-state index is 0.347. The zero-order chi connectivity index (χ0) is 13.1. The first-order chi connectivity index (χ1) is 8.58. The summed E-state index contributed by atoms with van der Waals surface area (Å²) >= 11 is 5.90. The molecule has 3 nitrogen and oxygen atoms in total. The molecule has 0 aromatic heterocycles. The molecule has 0 amide bonds. The van der Waals surface area contributed by atoms with Crippen molar-refractivity contribution >= 4 is 17.6 Å². The molecule has 0 aliphatic rings. The van der Waals surface area contributed by atoms with E-state index in [1.165, 1.54) is 0 Å². The van der Waals surface area contributed by atoms with Crippen molar-refractivity contribution in [3.63, 3.8) is 0 Å². The lowest BCUT2D eigenvalue weighted by Gasteiger charge is -2.08. The molecule has 2 N–H and O–H groups in total. The molecule has 2 rings (SSSR count). The second kappa shape index (κ2) is 5.21. The van der Waals surface area contributed by atoms with Crippen LogP contribution in [-0.2, 0) is 4.79 Å². The van der Waals surface area contributed by atoms with Gasteiger partial charge in [-0.2, -0.15) is 0 Å². The van der Waals surface area contributed by atoms with Crippen LogP contribution in [0.15, 0.2) is 48.5 Å². The van der Waals surface area contributed by atoms with Gasteiger partial charge < -0.3 is 10.2 Å². The molecule has 2 aromatic rings. The Balaban J connectivity index is 2.41. The van der Waals surface area contributed by atoms with Crippen LogP contribution in [0.4, 0.5) is 0 Å². The summed E-state index contributed by atoms with van der Waals surface area (Å²) in [7, 11) is 0. The molecule has 0 unspecified atom stereocenters. The largest absolute Gasteiger partial charge is 0.479 e. The fourth-order valence-electron chi connectivity index (χ4n) is 1.70. The van der Waals surface area contributed by atoms with E-state index in [1.54, 1.807) is 30.3 Å². The predicted octanol–water partition coefficient (Wildman–Crippen LogP) is 3.13. The van der Waals surface area contributed by atoms with Gasteiger partial charge in [-0.25, -0.2) is 4.79 Å². The number of carboxylic acid groups (broad SMARTS) is 1. The molecule has 4 heteroatoms. The molecule has 92 valence electrons. The number of rotatable bonds is 3. The van der Waals surface area contributed by atoms with Crippen LogP contribution >= 0.6 is 11.6 Å². The van der Waals surface area contributed by atoms with Crippen molar-refractivity contribution in [2.45, 2.75) is 6.10 Å². The fourth-order valence-corrected chi connectivity index (χ4v) is 1.89. The fraction of sp³-hybridized carbons (Fsp3) is 0.0714. The van der Waals surface area contributed by atoms with E-state index in [-0.39, 0.29) is 0 Å². The maximum Gasteiger partial charge on any atom is 0.337 e. The summed E-state index contributed by atoms with van der Waals surface area (Å²) in [5.74, 6) is -1.27. The molecule has 0 saturated heterocycles. The van der Waals surface area contributed by atoms with Gasteiger partial charge in [0.15, 0.2) is 6.10 Å². The third-order valence-corrected chi connectivity index (χ3v) is 2.83. The molecule has 0 saturated carbocycles. The lowest BCUT2D eigenvalue weighted by Crippen LogP contribution is -2.10. The summed E-state index contributed by atoms with van der Waals surface area (Å²) in [6.07, 6.45) is -1.51. The van der Waals surface area contributed by atoms with Gasteiger partial charge in [0, 0.05) is 5.02 Å². The predicted molar refractivity (Wildman–Crippen MR) is 69.5 cm³/mol. The van der Waals surface area contributed by atoms with E-state index >= 15 is 0 Å². The summed E-state index contributed by atoms with van der Waals surface area (Å²) in [5, 5.41) is 18.9. The molecule has 0 aliphatic heterocycles. The quantitative estimate of drug-likeness (QED) is 0.893. The van der Waals surface area contributed by atoms with Gasteiger partial charge in [0.2, 0.25) is 0 Å². The number of benzene rings is 2. The maximum absolute atomic E-state index is 10.7. The van der Waals surface area contributed by atoms with Crippen LogP contribution in [0.3, 0.4) is 0 Å². The molecular formula is C14H11ClO3. The highest BCUT2D eigenvalue weighted by molar-refractivity contribution is 6.30. The number of carboxylic acids is 1. The Hall–Kier alpha value is -1.84. The van der Waals surface area contributed by atoms with Crippen LogP contribution in [0.2, 0.25) is 5.02 Å². The number of aliphatic carboxylic acids is 1. The Bertz CT molecular complexity index is 581. The highest BCUT2D eigenvalue weighted by atomic mass is 35.5. The van der Waals surface area contributed by atoms with Gasteiger partial charge in [-0.15, -0.1) is 0 Å². The molecule has 0 fully saturated rings. The third-order valence-electron chi connectivity index (χ3n) is 2.59. The maximum atomic E-state index is 10.7. The molecule has 0 heterocycles. The number of carbonyl (C=O) groups is 1. The summed E-state index contributed by atoms with van der Waals surface area (Å²) in [5.41, 5.74) is 2.04. The summed E-state index contributed by atoms with van der Waals surface area (Å²) < 4.78 is 0. The van der Waals surface area contributed by atoms with Gasteiger partial charge in [0.25, 0.3) is 0 Å². The van der Waals surface area contributed by atoms with Gasteiger partial charge in [-0.3, -0.25) is 0 Å². The molecular weight excluding hydrogens is 252 g/mol. The van der Waals surface area contributed by atoms with Crippen molar-refractivity contribution in [2.24, 2.45) is 0 Å². The SMILES string of the molecule is O=C(O)[C@H](O)c1cccc(-c2cccc(Cl)c2)c1. The number of halogens is 1. The Morgan fingerprint density at radius 2 is 1.67 bits per heavy atom. The third kappa shape index (κ3) is 2.70. The Kier molecular flexibility index (Phi) is 3.65. The summed E-state index contributed by atoms with van der Waals surface area (Å²) in [6.45, 7) is 0. The lowest BCUT2D eigenvalue weighted by molar-refractivity contribution is -0.146. The van der Waals surface area contributed by atoms with Crippen LogP contribution in [0.5, 0.6) is 0 Å². The van der Waals surface area contributed by atoms with Crippen molar-refractivity contribution in [3.05, 3.63) is 59.1 Å². The van der Waals surface area contributed by atoms with Crippen LogP contribution in [-0.4, -0.2) is 16.2 Å². The number of aliphatic hydroxyl groups is 1. The molecule has 0 bridgehead atoms. The van der Waals surface area contributed by atoms with Gasteiger partial charge in [0.1, 0.15) is 0 Å². The van der Waals surface area contributed by atoms with E-state index in [0.29, 0.717) is 10.6 Å². The number of aliphatic hydroxyl groups excluding tert-OH is 1. The van der Waals surface area contributed by atoms with Crippen molar-refractivity contribution in [2.75, 3.05) is 0 Å². The Morgan fingerprint density at radius 1 is 1.06 bits per heavy atom. The van der Waals surface area contributed by atoms with E-state index in [4.69, 9.17) is 16.7 Å². The highest BCUT2D eigenvalue weighted by Gasteiger charge is 2.16. The zero-order valence-electron chi connectivity index (χ0n) is 9.38. The smallest absolute Gasteiger partial charge is 0.337 e. The van der Waals surface area contributed by atoms with Crippen molar-refractivity contribution in [1.82, 2.24) is 0 Å². The summed E-state index contributed by atoms with van der Waals surface area (Å²) in [6, 6.07) is 14.0. The second-order valence-corrected chi connectivity index (χ2v) is 4.31. The normalized spacial score (nSPS) is 12.1. The van der Waals surface area contributed by atoms with Crippen LogP contribution in [0, 0.1) is 0 Å². The second-order valence-electron chi connectivity index (χ2n) is 3.88. The Labute approximate surface area is 109 Å². The molecule has 0 radical (unpaired) electrons. The first kappa shape index (κ1) is 12.6. The van der Waals surface area contributed by atoms with Crippen molar-refractivity contribution in [3.8, 4) is 11.1 Å².